The normalized spacial score (nSPS) is 24.4. The van der Waals surface area contributed by atoms with Crippen LogP contribution in [0.15, 0.2) is 36.4 Å². The molecule has 0 amide bonds. The van der Waals surface area contributed by atoms with Crippen LogP contribution < -0.4 is 4.31 Å². The first-order chi connectivity index (χ1) is 12.6. The lowest BCUT2D eigenvalue weighted by Gasteiger charge is -2.54. The van der Waals surface area contributed by atoms with Crippen LogP contribution in [0.5, 0.6) is 0 Å². The van der Waals surface area contributed by atoms with E-state index in [4.69, 9.17) is 5.26 Å². The summed E-state index contributed by atoms with van der Waals surface area (Å²) in [6, 6.07) is 11.6. The summed E-state index contributed by atoms with van der Waals surface area (Å²) in [7, 11) is -3.14. The molecule has 138 valence electrons. The lowest BCUT2D eigenvalue weighted by Crippen LogP contribution is -2.51. The highest BCUT2D eigenvalue weighted by Crippen LogP contribution is 2.53. The number of hydrogen-bond donors (Lipinski definition) is 3. The SMILES string of the molecule is N#CN1CC[C@@H](N2CCCN(c3cc(-c4ccccc4)n[nH]3)S2(O)O)C1. The molecular formula is C17H22N6O2S. The molecule has 2 aliphatic heterocycles. The van der Waals surface area contributed by atoms with Crippen molar-refractivity contribution in [2.75, 3.05) is 30.5 Å². The molecule has 4 rings (SSSR count). The van der Waals surface area contributed by atoms with Crippen LogP contribution in [0.4, 0.5) is 5.82 Å². The molecule has 0 spiro atoms. The van der Waals surface area contributed by atoms with Gasteiger partial charge >= 0.3 is 0 Å². The molecule has 0 unspecified atom stereocenters. The number of nitrogens with one attached hydrogen (secondary N) is 1. The Hall–Kier alpha value is -2.25. The fourth-order valence-corrected chi connectivity index (χ4v) is 5.57. The number of nitriles is 1. The smallest absolute Gasteiger partial charge is 0.179 e. The molecule has 26 heavy (non-hydrogen) atoms. The predicted molar refractivity (Wildman–Crippen MR) is 101 cm³/mol. The molecule has 8 nitrogen and oxygen atoms in total. The van der Waals surface area contributed by atoms with Crippen LogP contribution >= 0.6 is 11.0 Å². The minimum absolute atomic E-state index is 0.0287. The monoisotopic (exact) mass is 374 g/mol. The average Bonchev–Trinajstić information content (AvgIpc) is 3.31. The molecule has 1 aromatic carbocycles. The summed E-state index contributed by atoms with van der Waals surface area (Å²) in [5.74, 6) is 0.601. The second-order valence-corrected chi connectivity index (χ2v) is 8.47. The molecule has 0 aliphatic carbocycles. The van der Waals surface area contributed by atoms with E-state index < -0.39 is 11.0 Å². The molecule has 3 heterocycles. The van der Waals surface area contributed by atoms with Gasteiger partial charge in [0.05, 0.1) is 11.7 Å². The fourth-order valence-electron chi connectivity index (χ4n) is 3.64. The number of rotatable bonds is 3. The first-order valence-corrected chi connectivity index (χ1v) is 10.1. The Labute approximate surface area is 154 Å². The van der Waals surface area contributed by atoms with Crippen molar-refractivity contribution in [2.24, 2.45) is 0 Å². The summed E-state index contributed by atoms with van der Waals surface area (Å²) < 4.78 is 25.4. The lowest BCUT2D eigenvalue weighted by molar-refractivity contribution is 0.265. The first-order valence-electron chi connectivity index (χ1n) is 8.68. The molecule has 3 N–H and O–H groups in total. The van der Waals surface area contributed by atoms with Gasteiger partial charge in [0.2, 0.25) is 0 Å². The van der Waals surface area contributed by atoms with Crippen molar-refractivity contribution in [2.45, 2.75) is 18.9 Å². The van der Waals surface area contributed by atoms with E-state index in [-0.39, 0.29) is 6.04 Å². The van der Waals surface area contributed by atoms with Gasteiger partial charge in [0, 0.05) is 37.8 Å². The summed E-state index contributed by atoms with van der Waals surface area (Å²) in [5.41, 5.74) is 1.74. The third-order valence-electron chi connectivity index (χ3n) is 4.96. The Morgan fingerprint density at radius 2 is 2.00 bits per heavy atom. The number of hydrogen-bond acceptors (Lipinski definition) is 7. The van der Waals surface area contributed by atoms with Crippen LogP contribution in [0.3, 0.4) is 0 Å². The van der Waals surface area contributed by atoms with Crippen molar-refractivity contribution in [3.05, 3.63) is 36.4 Å². The molecule has 2 fully saturated rings. The Morgan fingerprint density at radius 1 is 1.19 bits per heavy atom. The van der Waals surface area contributed by atoms with Gasteiger partial charge in [-0.1, -0.05) is 30.3 Å². The largest absolute Gasteiger partial charge is 0.309 e. The zero-order valence-corrected chi connectivity index (χ0v) is 15.1. The Balaban J connectivity index is 1.57. The second kappa shape index (κ2) is 6.81. The molecule has 0 radical (unpaired) electrons. The molecule has 2 aromatic rings. The highest BCUT2D eigenvalue weighted by molar-refractivity contribution is 8.23. The number of aromatic amines is 1. The summed E-state index contributed by atoms with van der Waals surface area (Å²) in [6.45, 7) is 2.36. The van der Waals surface area contributed by atoms with Crippen molar-refractivity contribution >= 4 is 16.8 Å². The molecule has 0 saturated carbocycles. The van der Waals surface area contributed by atoms with Gasteiger partial charge in [-0.2, -0.15) is 14.7 Å². The first kappa shape index (κ1) is 17.2. The number of anilines is 1. The van der Waals surface area contributed by atoms with Crippen molar-refractivity contribution in [1.82, 2.24) is 19.4 Å². The fraction of sp³-hybridized carbons (Fsp3) is 0.412. The van der Waals surface area contributed by atoms with Crippen LogP contribution in [0.1, 0.15) is 12.8 Å². The van der Waals surface area contributed by atoms with Gasteiger partial charge in [-0.3, -0.25) is 14.2 Å². The maximum Gasteiger partial charge on any atom is 0.179 e. The van der Waals surface area contributed by atoms with E-state index >= 15 is 0 Å². The summed E-state index contributed by atoms with van der Waals surface area (Å²) >= 11 is 0. The highest BCUT2D eigenvalue weighted by atomic mass is 32.3. The number of nitrogens with zero attached hydrogens (tertiary/aromatic N) is 5. The van der Waals surface area contributed by atoms with Crippen LogP contribution in [0.25, 0.3) is 11.3 Å². The third-order valence-corrected chi connectivity index (χ3v) is 7.05. The Kier molecular flexibility index (Phi) is 4.50. The number of likely N-dealkylation sites (tertiary alicyclic amines) is 1. The molecular weight excluding hydrogens is 352 g/mol. The third kappa shape index (κ3) is 3.01. The van der Waals surface area contributed by atoms with Gasteiger partial charge < -0.3 is 4.90 Å². The Morgan fingerprint density at radius 3 is 2.73 bits per heavy atom. The van der Waals surface area contributed by atoms with E-state index in [0.717, 1.165) is 24.1 Å². The minimum Gasteiger partial charge on any atom is -0.309 e. The summed E-state index contributed by atoms with van der Waals surface area (Å²) in [4.78, 5) is 1.67. The molecule has 2 saturated heterocycles. The number of H-pyrrole nitrogens is 1. The molecule has 9 heteroatoms. The molecule has 0 bridgehead atoms. The van der Waals surface area contributed by atoms with Crippen LogP contribution in [-0.2, 0) is 0 Å². The van der Waals surface area contributed by atoms with Crippen molar-refractivity contribution in [3.63, 3.8) is 0 Å². The van der Waals surface area contributed by atoms with Gasteiger partial charge in [0.15, 0.2) is 6.19 Å². The van der Waals surface area contributed by atoms with E-state index in [2.05, 4.69) is 16.4 Å². The van der Waals surface area contributed by atoms with Gasteiger partial charge in [0.1, 0.15) is 5.82 Å². The van der Waals surface area contributed by atoms with E-state index in [1.54, 1.807) is 13.5 Å². The van der Waals surface area contributed by atoms with Crippen molar-refractivity contribution in [1.29, 1.82) is 5.26 Å². The minimum atomic E-state index is -3.14. The topological polar surface area (TPSA) is 103 Å². The zero-order chi connectivity index (χ0) is 18.1. The average molecular weight is 374 g/mol. The maximum atomic E-state index is 11.0. The van der Waals surface area contributed by atoms with Crippen LogP contribution in [0, 0.1) is 11.5 Å². The van der Waals surface area contributed by atoms with Gasteiger partial charge in [-0.05, 0) is 23.8 Å². The van der Waals surface area contributed by atoms with E-state index in [0.29, 0.717) is 32.0 Å². The van der Waals surface area contributed by atoms with Crippen molar-refractivity contribution < 1.29 is 9.11 Å². The predicted octanol–water partition coefficient (Wildman–Crippen LogP) is 2.72. The number of aromatic nitrogens is 2. The van der Waals surface area contributed by atoms with Crippen molar-refractivity contribution in [3.8, 4) is 17.5 Å². The molecule has 1 atom stereocenters. The Bertz CT molecular complexity index is 805. The highest BCUT2D eigenvalue weighted by Gasteiger charge is 2.41. The second-order valence-electron chi connectivity index (χ2n) is 6.58. The van der Waals surface area contributed by atoms with Crippen LogP contribution in [0.2, 0.25) is 0 Å². The molecule has 2 aliphatic rings. The standard InChI is InChI=1S/C17H22N6O2S/c18-13-21-10-7-15(12-21)22-8-4-9-23(26(22,24)25)17-11-16(19-20-17)14-5-2-1-3-6-14/h1-3,5-6,11,15,24-25H,4,7-10,12H2,(H,19,20)/t15-/m1/s1. The van der Waals surface area contributed by atoms with Crippen LogP contribution in [-0.4, -0.2) is 60.7 Å². The summed E-state index contributed by atoms with van der Waals surface area (Å²) in [5, 5.41) is 16.3. The molecule has 1 aromatic heterocycles. The van der Waals surface area contributed by atoms with E-state index in [1.807, 2.05) is 36.4 Å². The maximum absolute atomic E-state index is 11.0. The lowest BCUT2D eigenvalue weighted by atomic mass is 10.1. The summed E-state index contributed by atoms with van der Waals surface area (Å²) in [6.07, 6.45) is 3.73. The van der Waals surface area contributed by atoms with E-state index in [1.165, 1.54) is 0 Å². The van der Waals surface area contributed by atoms with Gasteiger partial charge in [0.25, 0.3) is 0 Å². The van der Waals surface area contributed by atoms with Gasteiger partial charge in [-0.15, -0.1) is 0 Å². The van der Waals surface area contributed by atoms with Gasteiger partial charge in [-0.25, -0.2) is 4.31 Å². The van der Waals surface area contributed by atoms with E-state index in [9.17, 15) is 9.11 Å². The zero-order valence-electron chi connectivity index (χ0n) is 14.3. The number of benzene rings is 1. The quantitative estimate of drug-likeness (QED) is 0.710.